The molecule has 0 fully saturated rings. The van der Waals surface area contributed by atoms with Gasteiger partial charge in [-0.2, -0.15) is 0 Å². The van der Waals surface area contributed by atoms with E-state index in [9.17, 15) is 4.79 Å². The number of carbonyl (C=O) groups is 1. The van der Waals surface area contributed by atoms with Crippen LogP contribution in [0.3, 0.4) is 0 Å². The van der Waals surface area contributed by atoms with Gasteiger partial charge >= 0.3 is 0 Å². The van der Waals surface area contributed by atoms with Crippen molar-refractivity contribution >= 4 is 33.8 Å². The van der Waals surface area contributed by atoms with Gasteiger partial charge in [-0.3, -0.25) is 4.79 Å². The summed E-state index contributed by atoms with van der Waals surface area (Å²) < 4.78 is 0. The van der Waals surface area contributed by atoms with Crippen LogP contribution in [-0.4, -0.2) is 10.9 Å². The molecule has 0 unspecified atom stereocenters. The summed E-state index contributed by atoms with van der Waals surface area (Å²) in [4.78, 5) is 15.5. The number of carbonyl (C=O) groups excluding carboxylic acids is 1. The number of primary amides is 1. The molecule has 0 atom stereocenters. The van der Waals surface area contributed by atoms with Gasteiger partial charge in [0.2, 0.25) is 0 Å². The molecule has 5 N–H and O–H groups in total. The highest BCUT2D eigenvalue weighted by molar-refractivity contribution is 7.13. The lowest BCUT2D eigenvalue weighted by molar-refractivity contribution is 0.100. The van der Waals surface area contributed by atoms with E-state index in [1.54, 1.807) is 18.2 Å². The molecule has 5 nitrogen and oxygen atoms in total. The van der Waals surface area contributed by atoms with Crippen molar-refractivity contribution in [2.75, 3.05) is 11.1 Å². The molecule has 88 valence electrons. The highest BCUT2D eigenvalue weighted by Gasteiger charge is 2.10. The zero-order chi connectivity index (χ0) is 12.4. The summed E-state index contributed by atoms with van der Waals surface area (Å²) in [7, 11) is 0. The Morgan fingerprint density at radius 3 is 2.82 bits per heavy atom. The fraction of sp³-hybridized carbons (Fsp3) is 0.0909. The largest absolute Gasteiger partial charge is 0.399 e. The molecule has 0 aliphatic rings. The van der Waals surface area contributed by atoms with Crippen LogP contribution in [0.1, 0.15) is 16.1 Å². The Bertz CT molecular complexity index is 564. The van der Waals surface area contributed by atoms with Crippen molar-refractivity contribution in [3.05, 3.63) is 34.8 Å². The van der Waals surface area contributed by atoms with E-state index in [1.165, 1.54) is 11.3 Å². The van der Waals surface area contributed by atoms with Crippen LogP contribution in [0, 0.1) is 6.92 Å². The summed E-state index contributed by atoms with van der Waals surface area (Å²) in [5.74, 6) is -0.520. The molecule has 1 amide bonds. The molecule has 0 aliphatic carbocycles. The van der Waals surface area contributed by atoms with Gasteiger partial charge < -0.3 is 16.8 Å². The molecule has 0 aliphatic heterocycles. The van der Waals surface area contributed by atoms with E-state index < -0.39 is 5.91 Å². The smallest absolute Gasteiger partial charge is 0.250 e. The molecule has 0 saturated carbocycles. The summed E-state index contributed by atoms with van der Waals surface area (Å²) in [5.41, 5.74) is 13.3. The van der Waals surface area contributed by atoms with Crippen LogP contribution >= 0.6 is 11.3 Å². The minimum absolute atomic E-state index is 0.359. The first-order chi connectivity index (χ1) is 8.06. The SMILES string of the molecule is Cc1csc(Nc2ccc(N)cc2C(N)=O)n1. The predicted molar refractivity (Wildman–Crippen MR) is 69.5 cm³/mol. The van der Waals surface area contributed by atoms with Gasteiger partial charge in [0, 0.05) is 11.1 Å². The summed E-state index contributed by atoms with van der Waals surface area (Å²) in [6, 6.07) is 4.96. The first kappa shape index (κ1) is 11.4. The van der Waals surface area contributed by atoms with Gasteiger partial charge in [-0.15, -0.1) is 11.3 Å². The quantitative estimate of drug-likeness (QED) is 0.723. The van der Waals surface area contributed by atoms with Crippen LogP contribution in [0.15, 0.2) is 23.6 Å². The number of hydrogen-bond acceptors (Lipinski definition) is 5. The molecule has 0 radical (unpaired) electrons. The molecule has 2 rings (SSSR count). The van der Waals surface area contributed by atoms with Crippen LogP contribution in [-0.2, 0) is 0 Å². The van der Waals surface area contributed by atoms with E-state index in [0.717, 1.165) is 10.8 Å². The molecule has 17 heavy (non-hydrogen) atoms. The van der Waals surface area contributed by atoms with Crippen LogP contribution in [0.2, 0.25) is 0 Å². The molecule has 0 saturated heterocycles. The summed E-state index contributed by atoms with van der Waals surface area (Å²) in [6.07, 6.45) is 0. The summed E-state index contributed by atoms with van der Waals surface area (Å²) >= 11 is 1.46. The number of nitrogens with two attached hydrogens (primary N) is 2. The maximum absolute atomic E-state index is 11.3. The number of thiazole rings is 1. The van der Waals surface area contributed by atoms with E-state index in [-0.39, 0.29) is 0 Å². The second-order valence-electron chi connectivity index (χ2n) is 3.59. The van der Waals surface area contributed by atoms with Crippen LogP contribution in [0.25, 0.3) is 0 Å². The Balaban J connectivity index is 2.35. The van der Waals surface area contributed by atoms with Crippen LogP contribution in [0.5, 0.6) is 0 Å². The van der Waals surface area contributed by atoms with Gasteiger partial charge in [0.25, 0.3) is 5.91 Å². The van der Waals surface area contributed by atoms with Gasteiger partial charge in [-0.25, -0.2) is 4.98 Å². The molecule has 6 heteroatoms. The number of anilines is 3. The van der Waals surface area contributed by atoms with E-state index in [0.29, 0.717) is 16.9 Å². The number of aromatic nitrogens is 1. The monoisotopic (exact) mass is 248 g/mol. The van der Waals surface area contributed by atoms with Gasteiger partial charge in [-0.1, -0.05) is 0 Å². The minimum Gasteiger partial charge on any atom is -0.399 e. The number of nitrogen functional groups attached to an aromatic ring is 1. The number of nitrogens with one attached hydrogen (secondary N) is 1. The van der Waals surface area contributed by atoms with Crippen molar-refractivity contribution in [2.24, 2.45) is 5.73 Å². The Labute approximate surface area is 102 Å². The minimum atomic E-state index is -0.520. The van der Waals surface area contributed by atoms with Crippen molar-refractivity contribution in [2.45, 2.75) is 6.92 Å². The molecule has 0 bridgehead atoms. The topological polar surface area (TPSA) is 94.0 Å². The van der Waals surface area contributed by atoms with Gasteiger partial charge in [0.05, 0.1) is 16.9 Å². The number of aryl methyl sites for hydroxylation is 1. The van der Waals surface area contributed by atoms with Crippen molar-refractivity contribution in [1.29, 1.82) is 0 Å². The molecule has 2 aromatic rings. The zero-order valence-electron chi connectivity index (χ0n) is 9.23. The highest BCUT2D eigenvalue weighted by atomic mass is 32.1. The fourth-order valence-electron chi connectivity index (χ4n) is 1.40. The van der Waals surface area contributed by atoms with Crippen LogP contribution < -0.4 is 16.8 Å². The lowest BCUT2D eigenvalue weighted by Gasteiger charge is -2.08. The van der Waals surface area contributed by atoms with Gasteiger partial charge in [0.15, 0.2) is 5.13 Å². The van der Waals surface area contributed by atoms with E-state index in [1.807, 2.05) is 12.3 Å². The lowest BCUT2D eigenvalue weighted by Crippen LogP contribution is -2.13. The molecule has 1 aromatic carbocycles. The normalized spacial score (nSPS) is 10.2. The Kier molecular flexibility index (Phi) is 2.97. The Hall–Kier alpha value is -2.08. The van der Waals surface area contributed by atoms with E-state index in [2.05, 4.69) is 10.3 Å². The van der Waals surface area contributed by atoms with Crippen molar-refractivity contribution in [3.63, 3.8) is 0 Å². The maximum Gasteiger partial charge on any atom is 0.250 e. The summed E-state index contributed by atoms with van der Waals surface area (Å²) in [6.45, 7) is 1.90. The first-order valence-corrected chi connectivity index (χ1v) is 5.82. The standard InChI is InChI=1S/C11H12N4OS/c1-6-5-17-11(14-6)15-9-3-2-7(12)4-8(9)10(13)16/h2-5H,12H2,1H3,(H2,13,16)(H,14,15). The Morgan fingerprint density at radius 1 is 1.47 bits per heavy atom. The third-order valence-corrected chi connectivity index (χ3v) is 3.05. The van der Waals surface area contributed by atoms with Gasteiger partial charge in [-0.05, 0) is 25.1 Å². The molecular weight excluding hydrogens is 236 g/mol. The first-order valence-electron chi connectivity index (χ1n) is 4.95. The zero-order valence-corrected chi connectivity index (χ0v) is 10.0. The number of amides is 1. The van der Waals surface area contributed by atoms with Crippen molar-refractivity contribution in [1.82, 2.24) is 4.98 Å². The lowest BCUT2D eigenvalue weighted by atomic mass is 10.1. The molecule has 1 aromatic heterocycles. The summed E-state index contributed by atoms with van der Waals surface area (Å²) in [5, 5.41) is 5.69. The fourth-order valence-corrected chi connectivity index (χ4v) is 2.10. The van der Waals surface area contributed by atoms with E-state index >= 15 is 0 Å². The number of rotatable bonds is 3. The predicted octanol–water partition coefficient (Wildman–Crippen LogP) is 1.88. The Morgan fingerprint density at radius 2 is 2.24 bits per heavy atom. The number of benzene rings is 1. The van der Waals surface area contributed by atoms with Crippen molar-refractivity contribution in [3.8, 4) is 0 Å². The van der Waals surface area contributed by atoms with Crippen LogP contribution in [0.4, 0.5) is 16.5 Å². The second-order valence-corrected chi connectivity index (χ2v) is 4.45. The molecule has 0 spiro atoms. The maximum atomic E-state index is 11.3. The molecular formula is C11H12N4OS. The number of nitrogens with zero attached hydrogens (tertiary/aromatic N) is 1. The van der Waals surface area contributed by atoms with E-state index in [4.69, 9.17) is 11.5 Å². The number of hydrogen-bond donors (Lipinski definition) is 3. The molecule has 1 heterocycles. The third kappa shape index (κ3) is 2.54. The van der Waals surface area contributed by atoms with Crippen molar-refractivity contribution < 1.29 is 4.79 Å². The average Bonchev–Trinajstić information content (AvgIpc) is 2.66. The second kappa shape index (κ2) is 4.42. The highest BCUT2D eigenvalue weighted by Crippen LogP contribution is 2.25. The van der Waals surface area contributed by atoms with Gasteiger partial charge in [0.1, 0.15) is 0 Å². The third-order valence-electron chi connectivity index (χ3n) is 2.17. The average molecular weight is 248 g/mol.